The number of phenolic OH excluding ortho intramolecular Hbond substituents is 1. The van der Waals surface area contributed by atoms with E-state index in [1.54, 1.807) is 12.3 Å². The maximum atomic E-state index is 10.4. The predicted molar refractivity (Wildman–Crippen MR) is 102 cm³/mol. The zero-order chi connectivity index (χ0) is 18.7. The number of pyridine rings is 1. The van der Waals surface area contributed by atoms with Gasteiger partial charge in [-0.05, 0) is 18.2 Å². The van der Waals surface area contributed by atoms with Crippen molar-refractivity contribution < 1.29 is 24.1 Å². The van der Waals surface area contributed by atoms with Crippen LogP contribution in [-0.2, 0) is 25.5 Å². The molecule has 0 aliphatic carbocycles. The number of rotatable bonds is 2. The number of aromatic nitrogens is 1. The first-order valence-corrected chi connectivity index (χ1v) is 9.43. The monoisotopic (exact) mass is 376 g/mol. The van der Waals surface area contributed by atoms with Crippen LogP contribution in [0.2, 0.25) is 0 Å². The van der Waals surface area contributed by atoms with Gasteiger partial charge >= 0.3 is 0 Å². The topological polar surface area (TPSA) is 73.3 Å². The second-order valence-corrected chi connectivity index (χ2v) is 6.36. The van der Waals surface area contributed by atoms with Crippen molar-refractivity contribution in [3.05, 3.63) is 36.0 Å². The van der Waals surface area contributed by atoms with Crippen LogP contribution < -0.4 is 0 Å². The molecule has 1 fully saturated rings. The molecule has 0 spiro atoms. The van der Waals surface area contributed by atoms with Gasteiger partial charge in [0.2, 0.25) is 0 Å². The van der Waals surface area contributed by atoms with E-state index >= 15 is 0 Å². The fraction of sp³-hybridized carbons (Fsp3) is 0.550. The van der Waals surface area contributed by atoms with Gasteiger partial charge < -0.3 is 24.1 Å². The van der Waals surface area contributed by atoms with Crippen molar-refractivity contribution in [1.29, 1.82) is 0 Å². The summed E-state index contributed by atoms with van der Waals surface area (Å²) < 4.78 is 22.2. The third-order valence-electron chi connectivity index (χ3n) is 4.46. The Morgan fingerprint density at radius 3 is 2.04 bits per heavy atom. The summed E-state index contributed by atoms with van der Waals surface area (Å²) in [6.07, 6.45) is 1.75. The molecule has 27 heavy (non-hydrogen) atoms. The lowest BCUT2D eigenvalue weighted by Crippen LogP contribution is -2.31. The molecule has 148 valence electrons. The zero-order valence-corrected chi connectivity index (χ0v) is 15.6. The van der Waals surface area contributed by atoms with Crippen LogP contribution in [0.5, 0.6) is 5.75 Å². The predicted octanol–water partition coefficient (Wildman–Crippen LogP) is 1.82. The molecule has 1 aromatic heterocycles. The average molecular weight is 376 g/mol. The first-order chi connectivity index (χ1) is 13.3. The molecule has 7 nitrogen and oxygen atoms in total. The molecule has 1 aliphatic heterocycles. The van der Waals surface area contributed by atoms with E-state index in [1.807, 2.05) is 18.2 Å². The molecule has 2 aromatic rings. The van der Waals surface area contributed by atoms with Crippen LogP contribution >= 0.6 is 0 Å². The van der Waals surface area contributed by atoms with Crippen molar-refractivity contribution in [1.82, 2.24) is 9.88 Å². The highest BCUT2D eigenvalue weighted by atomic mass is 16.6. The quantitative estimate of drug-likeness (QED) is 0.857. The third kappa shape index (κ3) is 6.41. The van der Waals surface area contributed by atoms with Crippen molar-refractivity contribution >= 4 is 10.9 Å². The largest absolute Gasteiger partial charge is 0.508 e. The minimum Gasteiger partial charge on any atom is -0.508 e. The fourth-order valence-electron chi connectivity index (χ4n) is 2.99. The lowest BCUT2D eigenvalue weighted by molar-refractivity contribution is 0.00206. The first kappa shape index (κ1) is 20.0. The summed E-state index contributed by atoms with van der Waals surface area (Å²) in [7, 11) is 0. The summed E-state index contributed by atoms with van der Waals surface area (Å²) >= 11 is 0. The highest BCUT2D eigenvalue weighted by Gasteiger charge is 2.13. The summed E-state index contributed by atoms with van der Waals surface area (Å²) in [5.41, 5.74) is 1.66. The maximum Gasteiger partial charge on any atom is 0.122 e. The van der Waals surface area contributed by atoms with Gasteiger partial charge in [0.05, 0.1) is 58.4 Å². The Bertz CT molecular complexity index is 681. The molecule has 0 bridgehead atoms. The van der Waals surface area contributed by atoms with Crippen molar-refractivity contribution in [2.75, 3.05) is 65.9 Å². The van der Waals surface area contributed by atoms with Crippen LogP contribution in [0.1, 0.15) is 5.56 Å². The van der Waals surface area contributed by atoms with E-state index in [1.165, 1.54) is 0 Å². The molecule has 0 radical (unpaired) electrons. The number of fused-ring (bicyclic) bond motifs is 1. The molecule has 1 N–H and O–H groups in total. The fourth-order valence-corrected chi connectivity index (χ4v) is 2.99. The van der Waals surface area contributed by atoms with Gasteiger partial charge in [-0.3, -0.25) is 9.88 Å². The van der Waals surface area contributed by atoms with Crippen LogP contribution in [0, 0.1) is 0 Å². The molecule has 3 rings (SSSR count). The average Bonchev–Trinajstić information content (AvgIpc) is 2.70. The van der Waals surface area contributed by atoms with Gasteiger partial charge in [-0.2, -0.15) is 0 Å². The molecule has 0 unspecified atom stereocenters. The Hall–Kier alpha value is -1.77. The smallest absolute Gasteiger partial charge is 0.122 e. The third-order valence-corrected chi connectivity index (χ3v) is 4.46. The minimum atomic E-state index is 0.265. The van der Waals surface area contributed by atoms with Gasteiger partial charge in [-0.25, -0.2) is 0 Å². The molecule has 1 aliphatic rings. The Morgan fingerprint density at radius 2 is 1.41 bits per heavy atom. The molecule has 2 heterocycles. The minimum absolute atomic E-state index is 0.265. The van der Waals surface area contributed by atoms with Crippen molar-refractivity contribution in [3.63, 3.8) is 0 Å². The number of phenols is 1. The van der Waals surface area contributed by atoms with E-state index in [9.17, 15) is 5.11 Å². The normalized spacial score (nSPS) is 19.4. The molecular weight excluding hydrogens is 348 g/mol. The van der Waals surface area contributed by atoms with E-state index in [2.05, 4.69) is 9.88 Å². The number of aromatic hydroxyl groups is 1. The Morgan fingerprint density at radius 1 is 0.815 bits per heavy atom. The summed E-state index contributed by atoms with van der Waals surface area (Å²) in [6.45, 7) is 6.65. The second-order valence-electron chi connectivity index (χ2n) is 6.36. The second kappa shape index (κ2) is 11.2. The van der Waals surface area contributed by atoms with E-state index in [0.29, 0.717) is 59.4 Å². The van der Waals surface area contributed by atoms with E-state index in [4.69, 9.17) is 18.9 Å². The van der Waals surface area contributed by atoms with Crippen LogP contribution in [0.15, 0.2) is 30.5 Å². The van der Waals surface area contributed by atoms with E-state index in [-0.39, 0.29) is 5.75 Å². The number of ether oxygens (including phenoxy) is 4. The summed E-state index contributed by atoms with van der Waals surface area (Å²) in [5.74, 6) is 0.265. The highest BCUT2D eigenvalue weighted by Crippen LogP contribution is 2.26. The molecular formula is C20H28N2O5. The van der Waals surface area contributed by atoms with Crippen LogP contribution in [-0.4, -0.2) is 80.9 Å². The Kier molecular flexibility index (Phi) is 8.26. The number of nitrogens with zero attached hydrogens (tertiary/aromatic N) is 2. The van der Waals surface area contributed by atoms with Gasteiger partial charge in [0.1, 0.15) is 5.75 Å². The van der Waals surface area contributed by atoms with Gasteiger partial charge in [-0.1, -0.05) is 6.07 Å². The lowest BCUT2D eigenvalue weighted by Gasteiger charge is -2.23. The van der Waals surface area contributed by atoms with E-state index in [0.717, 1.165) is 29.6 Å². The van der Waals surface area contributed by atoms with Gasteiger partial charge in [0.15, 0.2) is 0 Å². The molecule has 1 aromatic carbocycles. The Balaban J connectivity index is 1.65. The Labute approximate surface area is 159 Å². The molecule has 0 atom stereocenters. The van der Waals surface area contributed by atoms with Crippen molar-refractivity contribution in [3.8, 4) is 5.75 Å². The molecule has 0 saturated carbocycles. The SMILES string of the molecule is Oc1ccc2cccnc2c1CN1CCOCCOCCOCCOCC1. The number of hydrogen-bond donors (Lipinski definition) is 1. The standard InChI is InChI=1S/C20H28N2O5/c23-19-4-3-17-2-1-5-21-20(17)18(19)16-22-6-8-24-10-12-26-14-15-27-13-11-25-9-7-22/h1-5,23H,6-16H2. The number of hydrogen-bond acceptors (Lipinski definition) is 7. The van der Waals surface area contributed by atoms with Crippen molar-refractivity contribution in [2.45, 2.75) is 6.54 Å². The molecule has 1 saturated heterocycles. The van der Waals surface area contributed by atoms with Gasteiger partial charge in [0, 0.05) is 36.8 Å². The van der Waals surface area contributed by atoms with Crippen LogP contribution in [0.3, 0.4) is 0 Å². The number of benzene rings is 1. The first-order valence-electron chi connectivity index (χ1n) is 9.43. The summed E-state index contributed by atoms with van der Waals surface area (Å²) in [6, 6.07) is 7.52. The van der Waals surface area contributed by atoms with Crippen LogP contribution in [0.4, 0.5) is 0 Å². The highest BCUT2D eigenvalue weighted by molar-refractivity contribution is 5.83. The maximum absolute atomic E-state index is 10.4. The van der Waals surface area contributed by atoms with Gasteiger partial charge in [0.25, 0.3) is 0 Å². The zero-order valence-electron chi connectivity index (χ0n) is 15.6. The van der Waals surface area contributed by atoms with E-state index < -0.39 is 0 Å². The molecule has 7 heteroatoms. The van der Waals surface area contributed by atoms with Crippen molar-refractivity contribution in [2.24, 2.45) is 0 Å². The lowest BCUT2D eigenvalue weighted by atomic mass is 10.1. The summed E-state index contributed by atoms with van der Waals surface area (Å²) in [5, 5.41) is 11.4. The van der Waals surface area contributed by atoms with Gasteiger partial charge in [-0.15, -0.1) is 0 Å². The summed E-state index contributed by atoms with van der Waals surface area (Å²) in [4.78, 5) is 6.67. The van der Waals surface area contributed by atoms with Crippen LogP contribution in [0.25, 0.3) is 10.9 Å². The molecule has 0 amide bonds.